The van der Waals surface area contributed by atoms with Crippen LogP contribution >= 0.6 is 0 Å². The third-order valence-electron chi connectivity index (χ3n) is 4.41. The number of rotatable bonds is 3. The van der Waals surface area contributed by atoms with Crippen LogP contribution in [0.1, 0.15) is 34.5 Å². The van der Waals surface area contributed by atoms with Gasteiger partial charge in [0.05, 0.1) is 5.69 Å². The molecule has 1 aromatic carbocycles. The van der Waals surface area contributed by atoms with Crippen molar-refractivity contribution < 1.29 is 9.18 Å². The fourth-order valence-electron chi connectivity index (χ4n) is 3.11. The molecule has 0 bridgehead atoms. The molecule has 25 heavy (non-hydrogen) atoms. The van der Waals surface area contributed by atoms with E-state index in [1.165, 1.54) is 6.07 Å². The number of hydrogen-bond donors (Lipinski definition) is 2. The maximum atomic E-state index is 13.9. The summed E-state index contributed by atoms with van der Waals surface area (Å²) in [4.78, 5) is 18.8. The molecule has 0 aliphatic carbocycles. The van der Waals surface area contributed by atoms with E-state index < -0.39 is 0 Å². The minimum Gasteiger partial charge on any atom is -0.337 e. The standard InChI is InChI=1S/C17H17FN6O/c1-10-19-16(23-20-10)11-6-7-24(9-11)17(25)15-8-14(21-22-15)12-4-2-3-5-13(12)18/h2-5,8,11H,6-7,9H2,1H3,(H,21,22)(H,19,20,23). The molecular formula is C17H17FN6O. The normalized spacial score (nSPS) is 17.2. The average Bonchev–Trinajstić information content (AvgIpc) is 3.35. The van der Waals surface area contributed by atoms with Gasteiger partial charge in [0.25, 0.3) is 5.91 Å². The van der Waals surface area contributed by atoms with Gasteiger partial charge in [0.15, 0.2) is 5.82 Å². The lowest BCUT2D eigenvalue weighted by molar-refractivity contribution is 0.0784. The Hall–Kier alpha value is -3.03. The lowest BCUT2D eigenvalue weighted by Gasteiger charge is -2.14. The number of aromatic amines is 2. The fraction of sp³-hybridized carbons (Fsp3) is 0.294. The number of likely N-dealkylation sites (tertiary alicyclic amines) is 1. The number of aromatic nitrogens is 5. The molecule has 3 aromatic rings. The van der Waals surface area contributed by atoms with Crippen molar-refractivity contribution in [1.82, 2.24) is 30.3 Å². The number of benzene rings is 1. The van der Waals surface area contributed by atoms with Crippen LogP contribution in [0.4, 0.5) is 4.39 Å². The number of halogens is 1. The Labute approximate surface area is 143 Å². The van der Waals surface area contributed by atoms with Crippen molar-refractivity contribution in [1.29, 1.82) is 0 Å². The molecular weight excluding hydrogens is 323 g/mol. The highest BCUT2D eigenvalue weighted by molar-refractivity contribution is 5.93. The molecule has 0 radical (unpaired) electrons. The summed E-state index contributed by atoms with van der Waals surface area (Å²) in [6, 6.07) is 7.95. The Morgan fingerprint density at radius 3 is 2.88 bits per heavy atom. The van der Waals surface area contributed by atoms with Gasteiger partial charge in [-0.2, -0.15) is 10.2 Å². The van der Waals surface area contributed by atoms with Gasteiger partial charge in [0, 0.05) is 24.6 Å². The van der Waals surface area contributed by atoms with Crippen molar-refractivity contribution in [3.05, 3.63) is 53.5 Å². The lowest BCUT2D eigenvalue weighted by Crippen LogP contribution is -2.28. The van der Waals surface area contributed by atoms with Gasteiger partial charge in [-0.3, -0.25) is 15.0 Å². The quantitative estimate of drug-likeness (QED) is 0.765. The largest absolute Gasteiger partial charge is 0.337 e. The topological polar surface area (TPSA) is 90.6 Å². The number of nitrogens with zero attached hydrogens (tertiary/aromatic N) is 4. The van der Waals surface area contributed by atoms with E-state index in [9.17, 15) is 9.18 Å². The Bertz CT molecular complexity index is 917. The molecule has 8 heteroatoms. The second kappa shape index (κ2) is 6.12. The first-order valence-corrected chi connectivity index (χ1v) is 8.10. The summed E-state index contributed by atoms with van der Waals surface area (Å²) in [6.45, 7) is 3.04. The van der Waals surface area contributed by atoms with Gasteiger partial charge in [-0.05, 0) is 31.5 Å². The van der Waals surface area contributed by atoms with Crippen LogP contribution in [0.5, 0.6) is 0 Å². The molecule has 1 amide bonds. The molecule has 3 heterocycles. The van der Waals surface area contributed by atoms with Gasteiger partial charge in [0.1, 0.15) is 17.3 Å². The minimum atomic E-state index is -0.366. The summed E-state index contributed by atoms with van der Waals surface area (Å²) < 4.78 is 13.9. The summed E-state index contributed by atoms with van der Waals surface area (Å²) in [5.41, 5.74) is 1.14. The van der Waals surface area contributed by atoms with E-state index in [0.29, 0.717) is 30.0 Å². The second-order valence-electron chi connectivity index (χ2n) is 6.16. The summed E-state index contributed by atoms with van der Waals surface area (Å²) in [7, 11) is 0. The van der Waals surface area contributed by atoms with Crippen LogP contribution in [0.25, 0.3) is 11.3 Å². The van der Waals surface area contributed by atoms with Crippen LogP contribution in [-0.4, -0.2) is 49.3 Å². The Morgan fingerprint density at radius 2 is 2.12 bits per heavy atom. The summed E-state index contributed by atoms with van der Waals surface area (Å²) >= 11 is 0. The smallest absolute Gasteiger partial charge is 0.271 e. The molecule has 4 rings (SSSR count). The molecule has 1 unspecified atom stereocenters. The summed E-state index contributed by atoms with van der Waals surface area (Å²) in [6.07, 6.45) is 0.817. The summed E-state index contributed by atoms with van der Waals surface area (Å²) in [5, 5.41) is 13.8. The number of carbonyl (C=O) groups excluding carboxylic acids is 1. The molecule has 0 spiro atoms. The first-order valence-electron chi connectivity index (χ1n) is 8.10. The molecule has 0 saturated carbocycles. The molecule has 1 saturated heterocycles. The van der Waals surface area contributed by atoms with Crippen molar-refractivity contribution in [3.63, 3.8) is 0 Å². The number of carbonyl (C=O) groups is 1. The maximum Gasteiger partial charge on any atom is 0.271 e. The van der Waals surface area contributed by atoms with Gasteiger partial charge >= 0.3 is 0 Å². The zero-order valence-corrected chi connectivity index (χ0v) is 13.7. The number of hydrogen-bond acceptors (Lipinski definition) is 4. The van der Waals surface area contributed by atoms with Crippen molar-refractivity contribution in [2.24, 2.45) is 0 Å². The van der Waals surface area contributed by atoms with Crippen LogP contribution in [0.15, 0.2) is 30.3 Å². The number of nitrogens with one attached hydrogen (secondary N) is 2. The number of H-pyrrole nitrogens is 2. The van der Waals surface area contributed by atoms with Crippen LogP contribution in [-0.2, 0) is 0 Å². The molecule has 2 N–H and O–H groups in total. The van der Waals surface area contributed by atoms with Crippen LogP contribution in [0.3, 0.4) is 0 Å². The van der Waals surface area contributed by atoms with Gasteiger partial charge in [0.2, 0.25) is 0 Å². The molecule has 1 fully saturated rings. The summed E-state index contributed by atoms with van der Waals surface area (Å²) in [5.74, 6) is 1.12. The Kier molecular flexibility index (Phi) is 3.79. The Balaban J connectivity index is 1.50. The van der Waals surface area contributed by atoms with Gasteiger partial charge in [-0.1, -0.05) is 12.1 Å². The lowest BCUT2D eigenvalue weighted by atomic mass is 10.1. The Morgan fingerprint density at radius 1 is 1.28 bits per heavy atom. The van der Waals surface area contributed by atoms with Crippen molar-refractivity contribution >= 4 is 5.91 Å². The van der Waals surface area contributed by atoms with Gasteiger partial charge < -0.3 is 4.90 Å². The molecule has 128 valence electrons. The maximum absolute atomic E-state index is 13.9. The van der Waals surface area contributed by atoms with Crippen molar-refractivity contribution in [2.75, 3.05) is 13.1 Å². The van der Waals surface area contributed by atoms with E-state index >= 15 is 0 Å². The van der Waals surface area contributed by atoms with Crippen LogP contribution in [0, 0.1) is 12.7 Å². The minimum absolute atomic E-state index is 0.128. The highest BCUT2D eigenvalue weighted by Gasteiger charge is 2.31. The zero-order valence-electron chi connectivity index (χ0n) is 13.7. The highest BCUT2D eigenvalue weighted by Crippen LogP contribution is 2.27. The second-order valence-corrected chi connectivity index (χ2v) is 6.16. The number of amides is 1. The SMILES string of the molecule is Cc1nc(C2CCN(C(=O)c3cc(-c4ccccc4F)n[nH]3)C2)n[nH]1. The number of aryl methyl sites for hydroxylation is 1. The van der Waals surface area contributed by atoms with E-state index in [0.717, 1.165) is 18.1 Å². The van der Waals surface area contributed by atoms with Crippen LogP contribution in [0.2, 0.25) is 0 Å². The van der Waals surface area contributed by atoms with Gasteiger partial charge in [-0.15, -0.1) is 0 Å². The fourth-order valence-corrected chi connectivity index (χ4v) is 3.11. The monoisotopic (exact) mass is 340 g/mol. The third-order valence-corrected chi connectivity index (χ3v) is 4.41. The van der Waals surface area contributed by atoms with Gasteiger partial charge in [-0.25, -0.2) is 9.37 Å². The molecule has 7 nitrogen and oxygen atoms in total. The third kappa shape index (κ3) is 2.90. The average molecular weight is 340 g/mol. The van der Waals surface area contributed by atoms with E-state index in [1.807, 2.05) is 6.92 Å². The molecule has 2 aromatic heterocycles. The first kappa shape index (κ1) is 15.5. The first-order chi connectivity index (χ1) is 12.1. The molecule has 1 aliphatic rings. The van der Waals surface area contributed by atoms with E-state index in [-0.39, 0.29) is 17.6 Å². The van der Waals surface area contributed by atoms with Crippen molar-refractivity contribution in [2.45, 2.75) is 19.3 Å². The predicted molar refractivity (Wildman–Crippen MR) is 88.4 cm³/mol. The van der Waals surface area contributed by atoms with Crippen LogP contribution < -0.4 is 0 Å². The predicted octanol–water partition coefficient (Wildman–Crippen LogP) is 2.27. The molecule has 1 aliphatic heterocycles. The van der Waals surface area contributed by atoms with Crippen molar-refractivity contribution in [3.8, 4) is 11.3 Å². The van der Waals surface area contributed by atoms with E-state index in [2.05, 4.69) is 25.4 Å². The van der Waals surface area contributed by atoms with E-state index in [1.54, 1.807) is 29.2 Å². The molecule has 1 atom stereocenters. The van der Waals surface area contributed by atoms with E-state index in [4.69, 9.17) is 0 Å². The zero-order chi connectivity index (χ0) is 17.4. The highest BCUT2D eigenvalue weighted by atomic mass is 19.1.